The fraction of sp³-hybridized carbons (Fsp3) is 0.174. The second kappa shape index (κ2) is 9.84. The normalized spacial score (nSPS) is 12.1. The first-order chi connectivity index (χ1) is 15.4. The van der Waals surface area contributed by atoms with Crippen molar-refractivity contribution in [3.8, 4) is 0 Å². The zero-order valence-corrected chi connectivity index (χ0v) is 17.5. The third kappa shape index (κ3) is 6.97. The van der Waals surface area contributed by atoms with Gasteiger partial charge in [-0.3, -0.25) is 0 Å². The second-order valence-corrected chi connectivity index (χ2v) is 7.52. The Morgan fingerprint density at radius 3 is 1.64 bits per heavy atom. The number of hydroxylamine groups is 2. The third-order valence-corrected chi connectivity index (χ3v) is 4.77. The molecule has 0 aromatic heterocycles. The van der Waals surface area contributed by atoms with Gasteiger partial charge in [0.2, 0.25) is 0 Å². The van der Waals surface area contributed by atoms with Crippen LogP contribution in [0.5, 0.6) is 0 Å². The van der Waals surface area contributed by atoms with Crippen molar-refractivity contribution < 1.29 is 36.0 Å². The highest BCUT2D eigenvalue weighted by molar-refractivity contribution is 6.30. The number of rotatable bonds is 6. The fourth-order valence-corrected chi connectivity index (χ4v) is 3.10. The van der Waals surface area contributed by atoms with Crippen LogP contribution >= 0.6 is 11.6 Å². The van der Waals surface area contributed by atoms with Crippen LogP contribution in [0.4, 0.5) is 26.3 Å². The molecule has 0 unspecified atom stereocenters. The maximum Gasteiger partial charge on any atom is 0.416 e. The molecule has 0 amide bonds. The minimum absolute atomic E-state index is 0.109. The SMILES string of the molecule is O=C(ON(Cc1cccc(C(F)(F)F)c1)Cc1cccc(C(F)(F)F)c1)c1ccc(Cl)cc1. The van der Waals surface area contributed by atoms with Crippen molar-refractivity contribution in [2.75, 3.05) is 0 Å². The molecular weight excluding hydrogens is 472 g/mol. The fourth-order valence-electron chi connectivity index (χ4n) is 2.98. The summed E-state index contributed by atoms with van der Waals surface area (Å²) in [5.74, 6) is -0.842. The lowest BCUT2D eigenvalue weighted by Crippen LogP contribution is -2.27. The maximum absolute atomic E-state index is 13.1. The number of carbonyl (C=O) groups is 1. The number of hydrogen-bond acceptors (Lipinski definition) is 3. The maximum atomic E-state index is 13.1. The van der Waals surface area contributed by atoms with Crippen LogP contribution in [0.2, 0.25) is 5.02 Å². The summed E-state index contributed by atoms with van der Waals surface area (Å²) in [6.45, 7) is -0.584. The Balaban J connectivity index is 1.87. The number of nitrogens with zero attached hydrogens (tertiary/aromatic N) is 1. The molecule has 0 atom stereocenters. The largest absolute Gasteiger partial charge is 0.416 e. The van der Waals surface area contributed by atoms with Gasteiger partial charge in [-0.1, -0.05) is 48.0 Å². The molecule has 3 rings (SSSR count). The van der Waals surface area contributed by atoms with Crippen LogP contribution in [0.15, 0.2) is 72.8 Å². The molecule has 0 N–H and O–H groups in total. The molecule has 10 heteroatoms. The van der Waals surface area contributed by atoms with Gasteiger partial charge < -0.3 is 4.84 Å². The summed E-state index contributed by atoms with van der Waals surface area (Å²) in [5.41, 5.74) is -1.38. The quantitative estimate of drug-likeness (QED) is 0.273. The summed E-state index contributed by atoms with van der Waals surface area (Å²) in [5, 5.41) is 1.37. The van der Waals surface area contributed by atoms with E-state index in [2.05, 4.69) is 0 Å². The molecule has 3 nitrogen and oxygen atoms in total. The summed E-state index contributed by atoms with van der Waals surface area (Å²) in [4.78, 5) is 17.9. The predicted molar refractivity (Wildman–Crippen MR) is 109 cm³/mol. The van der Waals surface area contributed by atoms with Crippen molar-refractivity contribution >= 4 is 17.6 Å². The molecule has 0 aliphatic heterocycles. The van der Waals surface area contributed by atoms with E-state index in [1.54, 1.807) is 0 Å². The number of halogens is 7. The Morgan fingerprint density at radius 1 is 0.758 bits per heavy atom. The van der Waals surface area contributed by atoms with Gasteiger partial charge in [0.05, 0.1) is 29.8 Å². The van der Waals surface area contributed by atoms with E-state index in [-0.39, 0.29) is 29.8 Å². The topological polar surface area (TPSA) is 29.5 Å². The number of hydrogen-bond donors (Lipinski definition) is 0. The first-order valence-electron chi connectivity index (χ1n) is 9.47. The summed E-state index contributed by atoms with van der Waals surface area (Å²) >= 11 is 5.79. The molecule has 0 bridgehead atoms. The van der Waals surface area contributed by atoms with Crippen molar-refractivity contribution in [1.82, 2.24) is 5.06 Å². The molecule has 0 aliphatic rings. The molecule has 3 aromatic carbocycles. The number of benzene rings is 3. The molecule has 3 aromatic rings. The van der Waals surface area contributed by atoms with Crippen molar-refractivity contribution in [1.29, 1.82) is 0 Å². The highest BCUT2D eigenvalue weighted by Crippen LogP contribution is 2.31. The van der Waals surface area contributed by atoms with Crippen molar-refractivity contribution in [3.05, 3.63) is 106 Å². The molecule has 0 fully saturated rings. The van der Waals surface area contributed by atoms with Crippen LogP contribution in [0.25, 0.3) is 0 Å². The molecule has 0 aliphatic carbocycles. The smallest absolute Gasteiger partial charge is 0.363 e. The minimum atomic E-state index is -4.58. The molecule has 0 spiro atoms. The van der Waals surface area contributed by atoms with Crippen LogP contribution < -0.4 is 0 Å². The van der Waals surface area contributed by atoms with E-state index < -0.39 is 29.4 Å². The molecule has 174 valence electrons. The first kappa shape index (κ1) is 24.6. The van der Waals surface area contributed by atoms with Gasteiger partial charge in [-0.25, -0.2) is 4.79 Å². The van der Waals surface area contributed by atoms with E-state index in [1.807, 2.05) is 0 Å². The van der Waals surface area contributed by atoms with Crippen LogP contribution in [0.1, 0.15) is 32.6 Å². The molecule has 33 heavy (non-hydrogen) atoms. The van der Waals surface area contributed by atoms with E-state index in [9.17, 15) is 31.1 Å². The Kier molecular flexibility index (Phi) is 7.34. The summed E-state index contributed by atoms with van der Waals surface area (Å²) in [6, 6.07) is 14.4. The highest BCUT2D eigenvalue weighted by Gasteiger charge is 2.31. The average Bonchev–Trinajstić information content (AvgIpc) is 2.73. The molecule has 0 saturated heterocycles. The summed E-state index contributed by atoms with van der Waals surface area (Å²) in [6.07, 6.45) is -9.16. The van der Waals surface area contributed by atoms with Crippen LogP contribution in [-0.2, 0) is 30.3 Å². The standard InChI is InChI=1S/C23H16ClF6NO2/c24-20-9-7-17(8-10-20)21(32)33-31(13-15-3-1-5-18(11-15)22(25,26)27)14-16-4-2-6-19(12-16)23(28,29)30/h1-12H,13-14H2. The van der Waals surface area contributed by atoms with E-state index in [0.717, 1.165) is 29.3 Å². The average molecular weight is 488 g/mol. The van der Waals surface area contributed by atoms with Gasteiger partial charge in [-0.2, -0.15) is 26.3 Å². The molecular formula is C23H16ClF6NO2. The van der Waals surface area contributed by atoms with Crippen LogP contribution in [0, 0.1) is 0 Å². The second-order valence-electron chi connectivity index (χ2n) is 7.08. The van der Waals surface area contributed by atoms with E-state index in [4.69, 9.17) is 16.4 Å². The number of alkyl halides is 6. The van der Waals surface area contributed by atoms with Crippen molar-refractivity contribution in [2.45, 2.75) is 25.4 Å². The summed E-state index contributed by atoms with van der Waals surface area (Å²) in [7, 11) is 0. The van der Waals surface area contributed by atoms with Gasteiger partial charge in [-0.15, -0.1) is 5.06 Å². The lowest BCUT2D eigenvalue weighted by molar-refractivity contribution is -0.138. The predicted octanol–water partition coefficient (Wildman–Crippen LogP) is 7.15. The Hall–Kier alpha value is -3.04. The lowest BCUT2D eigenvalue weighted by atomic mass is 10.1. The monoisotopic (exact) mass is 487 g/mol. The Bertz CT molecular complexity index is 1050. The molecule has 0 radical (unpaired) electrons. The first-order valence-corrected chi connectivity index (χ1v) is 9.85. The van der Waals surface area contributed by atoms with E-state index in [1.165, 1.54) is 48.5 Å². The van der Waals surface area contributed by atoms with Gasteiger partial charge in [0, 0.05) is 5.02 Å². The minimum Gasteiger partial charge on any atom is -0.363 e. The third-order valence-electron chi connectivity index (χ3n) is 4.52. The molecule has 0 saturated carbocycles. The van der Waals surface area contributed by atoms with Crippen LogP contribution in [0.3, 0.4) is 0 Å². The Labute approximate surface area is 190 Å². The van der Waals surface area contributed by atoms with Gasteiger partial charge >= 0.3 is 18.3 Å². The van der Waals surface area contributed by atoms with E-state index >= 15 is 0 Å². The van der Waals surface area contributed by atoms with Gasteiger partial charge in [0.25, 0.3) is 0 Å². The van der Waals surface area contributed by atoms with Gasteiger partial charge in [0.1, 0.15) is 0 Å². The lowest BCUT2D eigenvalue weighted by Gasteiger charge is -2.22. The van der Waals surface area contributed by atoms with Gasteiger partial charge in [0.15, 0.2) is 0 Å². The summed E-state index contributed by atoms with van der Waals surface area (Å²) < 4.78 is 78.3. The zero-order valence-electron chi connectivity index (χ0n) is 16.8. The molecule has 0 heterocycles. The number of carbonyl (C=O) groups excluding carboxylic acids is 1. The van der Waals surface area contributed by atoms with E-state index in [0.29, 0.717) is 5.02 Å². The van der Waals surface area contributed by atoms with Crippen molar-refractivity contribution in [2.24, 2.45) is 0 Å². The van der Waals surface area contributed by atoms with Gasteiger partial charge in [-0.05, 0) is 47.5 Å². The highest BCUT2D eigenvalue weighted by atomic mass is 35.5. The van der Waals surface area contributed by atoms with Crippen LogP contribution in [-0.4, -0.2) is 11.0 Å². The Morgan fingerprint density at radius 2 is 1.21 bits per heavy atom. The van der Waals surface area contributed by atoms with Crippen molar-refractivity contribution in [3.63, 3.8) is 0 Å². The zero-order chi connectivity index (χ0) is 24.2.